The van der Waals surface area contributed by atoms with E-state index in [1.807, 2.05) is 47.8 Å². The second kappa shape index (κ2) is 9.58. The highest BCUT2D eigenvalue weighted by molar-refractivity contribution is 5.96. The van der Waals surface area contributed by atoms with Crippen LogP contribution in [0.3, 0.4) is 0 Å². The van der Waals surface area contributed by atoms with Crippen molar-refractivity contribution in [2.45, 2.75) is 66.5 Å². The summed E-state index contributed by atoms with van der Waals surface area (Å²) in [5.41, 5.74) is 1.95. The largest absolute Gasteiger partial charge is 0.480 e. The summed E-state index contributed by atoms with van der Waals surface area (Å²) in [6.07, 6.45) is 3.78. The Kier molecular flexibility index (Phi) is 7.45. The van der Waals surface area contributed by atoms with E-state index in [4.69, 9.17) is 4.74 Å². The first-order valence-corrected chi connectivity index (χ1v) is 9.96. The van der Waals surface area contributed by atoms with Crippen LogP contribution in [-0.4, -0.2) is 28.3 Å². The zero-order valence-electron chi connectivity index (χ0n) is 17.5. The molecular weight excluding hydrogens is 338 g/mol. The highest BCUT2D eigenvalue weighted by Crippen LogP contribution is 2.28. The van der Waals surface area contributed by atoms with Crippen LogP contribution >= 0.6 is 0 Å². The molecule has 0 bridgehead atoms. The van der Waals surface area contributed by atoms with Crippen LogP contribution in [0.25, 0.3) is 0 Å². The summed E-state index contributed by atoms with van der Waals surface area (Å²) < 4.78 is 8.06. The number of rotatable bonds is 9. The number of hydrogen-bond donors (Lipinski definition) is 0. The lowest BCUT2D eigenvalue weighted by molar-refractivity contribution is -0.125. The molecular formula is C22H33N3O2. The highest BCUT2D eigenvalue weighted by atomic mass is 16.5. The van der Waals surface area contributed by atoms with Crippen LogP contribution in [0, 0.1) is 5.92 Å². The fourth-order valence-corrected chi connectivity index (χ4v) is 3.05. The lowest BCUT2D eigenvalue weighted by atomic mass is 10.0. The number of aryl methyl sites for hydroxylation is 1. The van der Waals surface area contributed by atoms with Gasteiger partial charge in [0.1, 0.15) is 5.75 Å². The van der Waals surface area contributed by atoms with Gasteiger partial charge in [-0.3, -0.25) is 9.48 Å². The monoisotopic (exact) mass is 371 g/mol. The minimum atomic E-state index is -0.520. The van der Waals surface area contributed by atoms with Gasteiger partial charge in [-0.15, -0.1) is 0 Å². The molecule has 0 aliphatic rings. The maximum atomic E-state index is 13.4. The van der Waals surface area contributed by atoms with Crippen LogP contribution in [0.5, 0.6) is 5.75 Å². The first kappa shape index (κ1) is 21.0. The van der Waals surface area contributed by atoms with Crippen LogP contribution in [0.2, 0.25) is 0 Å². The van der Waals surface area contributed by atoms with Gasteiger partial charge in [0, 0.05) is 19.3 Å². The zero-order valence-corrected chi connectivity index (χ0v) is 17.5. The number of benzene rings is 1. The van der Waals surface area contributed by atoms with Crippen molar-refractivity contribution in [3.8, 4) is 5.75 Å². The first-order valence-electron chi connectivity index (χ1n) is 9.96. The molecule has 0 saturated carbocycles. The lowest BCUT2D eigenvalue weighted by Crippen LogP contribution is -2.43. The predicted octanol–water partition coefficient (Wildman–Crippen LogP) is 4.87. The Bertz CT molecular complexity index is 737. The summed E-state index contributed by atoms with van der Waals surface area (Å²) in [6.45, 7) is 13.9. The summed E-state index contributed by atoms with van der Waals surface area (Å²) in [7, 11) is 0. The Labute approximate surface area is 163 Å². The number of para-hydroxylation sites is 1. The standard InChI is InChI=1S/C22H33N3O2/c1-7-20(27-21-12-10-9-11-19(21)17(5)6)22(26)25(14-16(3)4)18-13-23-24(8-2)15-18/h9-13,15-17,20H,7-8,14H2,1-6H3. The van der Waals surface area contributed by atoms with Crippen molar-refractivity contribution in [3.63, 3.8) is 0 Å². The Morgan fingerprint density at radius 3 is 2.44 bits per heavy atom. The minimum absolute atomic E-state index is 0.0135. The van der Waals surface area contributed by atoms with E-state index in [0.29, 0.717) is 24.8 Å². The van der Waals surface area contributed by atoms with Gasteiger partial charge in [-0.2, -0.15) is 5.10 Å². The van der Waals surface area contributed by atoms with Gasteiger partial charge in [0.05, 0.1) is 11.9 Å². The van der Waals surface area contributed by atoms with Gasteiger partial charge in [0.15, 0.2) is 6.10 Å². The Balaban J connectivity index is 2.28. The highest BCUT2D eigenvalue weighted by Gasteiger charge is 2.28. The topological polar surface area (TPSA) is 47.4 Å². The van der Waals surface area contributed by atoms with Crippen LogP contribution in [0.1, 0.15) is 59.4 Å². The summed E-state index contributed by atoms with van der Waals surface area (Å²) in [6, 6.07) is 7.98. The number of aromatic nitrogens is 2. The quantitative estimate of drug-likeness (QED) is 0.631. The van der Waals surface area contributed by atoms with Gasteiger partial charge < -0.3 is 9.64 Å². The van der Waals surface area contributed by atoms with Crippen molar-refractivity contribution in [1.82, 2.24) is 9.78 Å². The molecule has 27 heavy (non-hydrogen) atoms. The molecule has 148 valence electrons. The molecule has 1 unspecified atom stereocenters. The van der Waals surface area contributed by atoms with Crippen molar-refractivity contribution in [1.29, 1.82) is 0 Å². The van der Waals surface area contributed by atoms with E-state index in [-0.39, 0.29) is 5.91 Å². The molecule has 0 aliphatic heterocycles. The maximum Gasteiger partial charge on any atom is 0.268 e. The minimum Gasteiger partial charge on any atom is -0.480 e. The summed E-state index contributed by atoms with van der Waals surface area (Å²) >= 11 is 0. The number of hydrogen-bond acceptors (Lipinski definition) is 3. The normalized spacial score (nSPS) is 12.4. The van der Waals surface area contributed by atoms with Crippen molar-refractivity contribution >= 4 is 11.6 Å². The molecule has 0 spiro atoms. The molecule has 5 heteroatoms. The Hall–Kier alpha value is -2.30. The van der Waals surface area contributed by atoms with Gasteiger partial charge in [0.2, 0.25) is 0 Å². The maximum absolute atomic E-state index is 13.4. The van der Waals surface area contributed by atoms with Gasteiger partial charge in [-0.25, -0.2) is 0 Å². The van der Waals surface area contributed by atoms with Crippen molar-refractivity contribution in [2.75, 3.05) is 11.4 Å². The molecule has 1 atom stereocenters. The molecule has 0 radical (unpaired) electrons. The third kappa shape index (κ3) is 5.34. The van der Waals surface area contributed by atoms with E-state index in [1.54, 1.807) is 6.20 Å². The fourth-order valence-electron chi connectivity index (χ4n) is 3.05. The molecule has 0 N–H and O–H groups in total. The summed E-state index contributed by atoms with van der Waals surface area (Å²) in [4.78, 5) is 15.2. The smallest absolute Gasteiger partial charge is 0.268 e. The Morgan fingerprint density at radius 2 is 1.89 bits per heavy atom. The van der Waals surface area contributed by atoms with Gasteiger partial charge in [0.25, 0.3) is 5.91 Å². The summed E-state index contributed by atoms with van der Waals surface area (Å²) in [5.74, 6) is 1.46. The first-order chi connectivity index (χ1) is 12.9. The number of anilines is 1. The Morgan fingerprint density at radius 1 is 1.19 bits per heavy atom. The molecule has 0 saturated heterocycles. The van der Waals surface area contributed by atoms with Gasteiger partial charge in [-0.1, -0.05) is 52.8 Å². The molecule has 0 fully saturated rings. The summed E-state index contributed by atoms with van der Waals surface area (Å²) in [5, 5.41) is 4.33. The van der Waals surface area contributed by atoms with E-state index in [9.17, 15) is 4.79 Å². The van der Waals surface area contributed by atoms with Crippen molar-refractivity contribution in [3.05, 3.63) is 42.2 Å². The number of carbonyl (C=O) groups excluding carboxylic acids is 1. The predicted molar refractivity (Wildman–Crippen MR) is 110 cm³/mol. The molecule has 5 nitrogen and oxygen atoms in total. The van der Waals surface area contributed by atoms with E-state index < -0.39 is 6.10 Å². The van der Waals surface area contributed by atoms with Gasteiger partial charge >= 0.3 is 0 Å². The molecule has 1 aromatic heterocycles. The van der Waals surface area contributed by atoms with E-state index >= 15 is 0 Å². The molecule has 1 amide bonds. The average Bonchev–Trinajstić information content (AvgIpc) is 3.12. The second-order valence-corrected chi connectivity index (χ2v) is 7.60. The van der Waals surface area contributed by atoms with E-state index in [2.05, 4.69) is 38.9 Å². The average molecular weight is 372 g/mol. The number of ether oxygens (including phenoxy) is 1. The van der Waals surface area contributed by atoms with Crippen LogP contribution in [0.4, 0.5) is 5.69 Å². The van der Waals surface area contributed by atoms with Gasteiger partial charge in [-0.05, 0) is 36.8 Å². The molecule has 1 heterocycles. The van der Waals surface area contributed by atoms with Crippen LogP contribution in [0.15, 0.2) is 36.7 Å². The van der Waals surface area contributed by atoms with Crippen LogP contribution < -0.4 is 9.64 Å². The lowest BCUT2D eigenvalue weighted by Gasteiger charge is -2.28. The van der Waals surface area contributed by atoms with E-state index in [0.717, 1.165) is 23.5 Å². The van der Waals surface area contributed by atoms with Crippen molar-refractivity contribution in [2.24, 2.45) is 5.92 Å². The van der Waals surface area contributed by atoms with E-state index in [1.165, 1.54) is 0 Å². The third-order valence-electron chi connectivity index (χ3n) is 4.53. The number of carbonyl (C=O) groups is 1. The molecule has 2 aromatic rings. The molecule has 1 aromatic carbocycles. The third-order valence-corrected chi connectivity index (χ3v) is 4.53. The molecule has 0 aliphatic carbocycles. The number of nitrogens with zero attached hydrogens (tertiary/aromatic N) is 3. The zero-order chi connectivity index (χ0) is 20.0. The number of amides is 1. The van der Waals surface area contributed by atoms with Crippen molar-refractivity contribution < 1.29 is 9.53 Å². The van der Waals surface area contributed by atoms with Crippen LogP contribution in [-0.2, 0) is 11.3 Å². The second-order valence-electron chi connectivity index (χ2n) is 7.60. The SMILES string of the molecule is CCC(Oc1ccccc1C(C)C)C(=O)N(CC(C)C)c1cnn(CC)c1. The molecule has 2 rings (SSSR count). The fraction of sp³-hybridized carbons (Fsp3) is 0.545.